The van der Waals surface area contributed by atoms with Crippen LogP contribution in [0.4, 0.5) is 0 Å². The van der Waals surface area contributed by atoms with Crippen LogP contribution in [0.2, 0.25) is 0 Å². The number of likely N-dealkylation sites (N-methyl/N-ethyl adjacent to an activating group) is 1. The van der Waals surface area contributed by atoms with E-state index in [9.17, 15) is 4.79 Å². The van der Waals surface area contributed by atoms with E-state index in [1.165, 1.54) is 0 Å². The van der Waals surface area contributed by atoms with Gasteiger partial charge in [0.2, 0.25) is 0 Å². The quantitative estimate of drug-likeness (QED) is 0.750. The maximum Gasteiger partial charge on any atom is 0.257 e. The number of imidazole rings is 1. The van der Waals surface area contributed by atoms with Crippen LogP contribution in [-0.2, 0) is 11.3 Å². The number of benzene rings is 1. The van der Waals surface area contributed by atoms with Crippen LogP contribution in [0.1, 0.15) is 5.69 Å². The van der Waals surface area contributed by atoms with Crippen LogP contribution in [0.25, 0.3) is 16.9 Å². The summed E-state index contributed by atoms with van der Waals surface area (Å²) in [5, 5.41) is 2.53. The van der Waals surface area contributed by atoms with Crippen LogP contribution in [0.15, 0.2) is 48.7 Å². The maximum atomic E-state index is 11.4. The predicted molar refractivity (Wildman–Crippen MR) is 88.1 cm³/mol. The number of nitrogens with two attached hydrogens (primary N) is 1. The molecule has 3 N–H and O–H groups in total. The first kappa shape index (κ1) is 15.1. The van der Waals surface area contributed by atoms with Gasteiger partial charge >= 0.3 is 0 Å². The van der Waals surface area contributed by atoms with Crippen molar-refractivity contribution in [1.29, 1.82) is 0 Å². The van der Waals surface area contributed by atoms with Crippen molar-refractivity contribution in [3.63, 3.8) is 0 Å². The molecule has 0 saturated carbocycles. The molecule has 0 aliphatic carbocycles. The number of carbonyl (C=O) groups excluding carboxylic acids is 1. The monoisotopic (exact) mass is 310 g/mol. The van der Waals surface area contributed by atoms with Gasteiger partial charge in [-0.25, -0.2) is 4.98 Å². The van der Waals surface area contributed by atoms with Gasteiger partial charge in [-0.2, -0.15) is 0 Å². The predicted octanol–water partition coefficient (Wildman–Crippen LogP) is 1.58. The summed E-state index contributed by atoms with van der Waals surface area (Å²) in [5.74, 6) is 0.355. The van der Waals surface area contributed by atoms with Crippen LogP contribution in [0.3, 0.4) is 0 Å². The number of hydrogen-bond donors (Lipinski definition) is 2. The zero-order valence-electron chi connectivity index (χ0n) is 12.8. The van der Waals surface area contributed by atoms with Crippen molar-refractivity contribution in [3.05, 3.63) is 54.4 Å². The number of rotatable bonds is 5. The molecule has 23 heavy (non-hydrogen) atoms. The first-order valence-corrected chi connectivity index (χ1v) is 7.33. The second kappa shape index (κ2) is 6.50. The molecule has 6 heteroatoms. The van der Waals surface area contributed by atoms with Crippen molar-refractivity contribution < 1.29 is 9.53 Å². The smallest absolute Gasteiger partial charge is 0.257 e. The summed E-state index contributed by atoms with van der Waals surface area (Å²) in [5.41, 5.74) is 9.29. The molecule has 0 atom stereocenters. The zero-order chi connectivity index (χ0) is 16.2. The van der Waals surface area contributed by atoms with Gasteiger partial charge in [-0.15, -0.1) is 0 Å². The molecular formula is C17H18N4O2. The Bertz CT molecular complexity index is 827. The SMILES string of the molecule is CNC(=O)COc1cccn2c(CN)c(-c3ccccc3)nc12. The average Bonchev–Trinajstić information content (AvgIpc) is 2.99. The molecule has 0 unspecified atom stereocenters. The third kappa shape index (κ3) is 2.89. The summed E-state index contributed by atoms with van der Waals surface area (Å²) in [6, 6.07) is 13.5. The number of amides is 1. The Labute approximate surface area is 133 Å². The Morgan fingerprint density at radius 2 is 2.04 bits per heavy atom. The normalized spacial score (nSPS) is 10.7. The Kier molecular flexibility index (Phi) is 4.25. The molecule has 0 aliphatic rings. The number of nitrogens with zero attached hydrogens (tertiary/aromatic N) is 2. The van der Waals surface area contributed by atoms with E-state index in [1.807, 2.05) is 47.0 Å². The van der Waals surface area contributed by atoms with E-state index >= 15 is 0 Å². The summed E-state index contributed by atoms with van der Waals surface area (Å²) in [6.07, 6.45) is 1.89. The molecule has 3 aromatic rings. The topological polar surface area (TPSA) is 81.6 Å². The Morgan fingerprint density at radius 1 is 1.26 bits per heavy atom. The molecule has 6 nitrogen and oxygen atoms in total. The summed E-state index contributed by atoms with van der Waals surface area (Å²) in [7, 11) is 1.57. The summed E-state index contributed by atoms with van der Waals surface area (Å²) in [4.78, 5) is 16.1. The van der Waals surface area contributed by atoms with Crippen molar-refractivity contribution in [2.45, 2.75) is 6.54 Å². The summed E-state index contributed by atoms with van der Waals surface area (Å²) < 4.78 is 7.49. The van der Waals surface area contributed by atoms with E-state index in [0.717, 1.165) is 17.0 Å². The number of hydrogen-bond acceptors (Lipinski definition) is 4. The lowest BCUT2D eigenvalue weighted by atomic mass is 10.1. The molecule has 0 spiro atoms. The van der Waals surface area contributed by atoms with Gasteiger partial charge in [0.15, 0.2) is 18.0 Å². The molecule has 1 aromatic carbocycles. The van der Waals surface area contributed by atoms with E-state index in [-0.39, 0.29) is 12.5 Å². The van der Waals surface area contributed by atoms with Gasteiger partial charge < -0.3 is 15.8 Å². The van der Waals surface area contributed by atoms with Crippen LogP contribution in [0, 0.1) is 0 Å². The highest BCUT2D eigenvalue weighted by Crippen LogP contribution is 2.28. The molecule has 118 valence electrons. The fourth-order valence-electron chi connectivity index (χ4n) is 2.44. The minimum absolute atomic E-state index is 0.0539. The highest BCUT2D eigenvalue weighted by Gasteiger charge is 2.16. The number of nitrogens with one attached hydrogen (secondary N) is 1. The van der Waals surface area contributed by atoms with Gasteiger partial charge in [0, 0.05) is 25.4 Å². The largest absolute Gasteiger partial charge is 0.480 e. The van der Waals surface area contributed by atoms with Crippen LogP contribution < -0.4 is 15.8 Å². The number of ether oxygens (including phenoxy) is 1. The molecule has 2 aromatic heterocycles. The lowest BCUT2D eigenvalue weighted by Gasteiger charge is -2.07. The van der Waals surface area contributed by atoms with Gasteiger partial charge in [0.05, 0.1) is 11.4 Å². The van der Waals surface area contributed by atoms with Gasteiger partial charge in [-0.05, 0) is 12.1 Å². The molecule has 3 rings (SSSR count). The lowest BCUT2D eigenvalue weighted by molar-refractivity contribution is -0.122. The first-order chi connectivity index (χ1) is 11.2. The van der Waals surface area contributed by atoms with Gasteiger partial charge in [-0.1, -0.05) is 30.3 Å². The van der Waals surface area contributed by atoms with Crippen LogP contribution >= 0.6 is 0 Å². The Morgan fingerprint density at radius 3 is 2.74 bits per heavy atom. The van der Waals surface area contributed by atoms with Crippen LogP contribution in [-0.4, -0.2) is 28.9 Å². The second-order valence-electron chi connectivity index (χ2n) is 5.01. The minimum atomic E-state index is -0.194. The molecule has 0 radical (unpaired) electrons. The number of fused-ring (bicyclic) bond motifs is 1. The molecule has 0 saturated heterocycles. The molecule has 0 aliphatic heterocycles. The fraction of sp³-hybridized carbons (Fsp3) is 0.176. The molecule has 1 amide bonds. The highest BCUT2D eigenvalue weighted by molar-refractivity contribution is 5.77. The molecule has 0 fully saturated rings. The van der Waals surface area contributed by atoms with E-state index in [1.54, 1.807) is 13.1 Å². The minimum Gasteiger partial charge on any atom is -0.480 e. The third-order valence-electron chi connectivity index (χ3n) is 3.59. The van der Waals surface area contributed by atoms with E-state index in [0.29, 0.717) is 17.9 Å². The van der Waals surface area contributed by atoms with Crippen molar-refractivity contribution in [3.8, 4) is 17.0 Å². The number of pyridine rings is 1. The molecular weight excluding hydrogens is 292 g/mol. The maximum absolute atomic E-state index is 11.4. The average molecular weight is 310 g/mol. The van der Waals surface area contributed by atoms with E-state index in [2.05, 4.69) is 10.3 Å². The fourth-order valence-corrected chi connectivity index (χ4v) is 2.44. The Hall–Kier alpha value is -2.86. The van der Waals surface area contributed by atoms with Crippen LogP contribution in [0.5, 0.6) is 5.75 Å². The standard InChI is InChI=1S/C17H18N4O2/c1-19-15(22)11-23-14-8-5-9-21-13(10-18)16(20-17(14)21)12-6-3-2-4-7-12/h2-9H,10-11,18H2,1H3,(H,19,22). The third-order valence-corrected chi connectivity index (χ3v) is 3.59. The van der Waals surface area contributed by atoms with Crippen molar-refractivity contribution in [2.24, 2.45) is 5.73 Å². The van der Waals surface area contributed by atoms with Crippen molar-refractivity contribution in [1.82, 2.24) is 14.7 Å². The highest BCUT2D eigenvalue weighted by atomic mass is 16.5. The lowest BCUT2D eigenvalue weighted by Crippen LogP contribution is -2.24. The summed E-state index contributed by atoms with van der Waals surface area (Å²) >= 11 is 0. The number of carbonyl (C=O) groups is 1. The summed E-state index contributed by atoms with van der Waals surface area (Å²) in [6.45, 7) is 0.298. The number of aromatic nitrogens is 2. The second-order valence-corrected chi connectivity index (χ2v) is 5.01. The van der Waals surface area contributed by atoms with Gasteiger partial charge in [-0.3, -0.25) is 9.20 Å². The van der Waals surface area contributed by atoms with E-state index in [4.69, 9.17) is 10.5 Å². The van der Waals surface area contributed by atoms with Crippen molar-refractivity contribution in [2.75, 3.05) is 13.7 Å². The first-order valence-electron chi connectivity index (χ1n) is 7.33. The molecule has 2 heterocycles. The molecule has 0 bridgehead atoms. The zero-order valence-corrected chi connectivity index (χ0v) is 12.8. The van der Waals surface area contributed by atoms with E-state index < -0.39 is 0 Å². The van der Waals surface area contributed by atoms with Crippen molar-refractivity contribution >= 4 is 11.6 Å². The van der Waals surface area contributed by atoms with Gasteiger partial charge in [0.25, 0.3) is 5.91 Å². The van der Waals surface area contributed by atoms with Gasteiger partial charge in [0.1, 0.15) is 0 Å². The Balaban J connectivity index is 2.08.